The van der Waals surface area contributed by atoms with E-state index in [1.54, 1.807) is 25.7 Å². The van der Waals surface area contributed by atoms with Gasteiger partial charge in [0, 0.05) is 75.0 Å². The highest BCUT2D eigenvalue weighted by molar-refractivity contribution is 6.34. The van der Waals surface area contributed by atoms with E-state index in [2.05, 4.69) is 59.0 Å². The summed E-state index contributed by atoms with van der Waals surface area (Å²) >= 11 is 6.63. The van der Waals surface area contributed by atoms with Crippen molar-refractivity contribution in [2.75, 3.05) is 57.2 Å². The highest BCUT2D eigenvalue weighted by Gasteiger charge is 2.26. The van der Waals surface area contributed by atoms with Crippen molar-refractivity contribution in [1.82, 2.24) is 20.0 Å². The lowest BCUT2D eigenvalue weighted by atomic mass is 10.0. The van der Waals surface area contributed by atoms with Gasteiger partial charge in [-0.25, -0.2) is 0 Å². The normalized spacial score (nSPS) is 14.5. The molecule has 8 nitrogen and oxygen atoms in total. The van der Waals surface area contributed by atoms with E-state index in [0.717, 1.165) is 55.0 Å². The Morgan fingerprint density at radius 3 is 2.36 bits per heavy atom. The van der Waals surface area contributed by atoms with Crippen molar-refractivity contribution in [2.24, 2.45) is 0 Å². The van der Waals surface area contributed by atoms with Gasteiger partial charge in [-0.15, -0.1) is 5.10 Å². The second-order valence-corrected chi connectivity index (χ2v) is 11.2. The lowest BCUT2D eigenvalue weighted by Gasteiger charge is -2.43. The number of benzene rings is 2. The topological polar surface area (TPSA) is 65.0 Å². The first kappa shape index (κ1) is 28.4. The Labute approximate surface area is 236 Å². The van der Waals surface area contributed by atoms with Gasteiger partial charge in [0.05, 0.1) is 24.0 Å². The number of amides is 1. The van der Waals surface area contributed by atoms with Crippen molar-refractivity contribution in [1.29, 1.82) is 0 Å². The molecule has 0 bridgehead atoms. The van der Waals surface area contributed by atoms with Crippen LogP contribution < -0.4 is 14.5 Å². The number of carbonyl (C=O) groups excluding carboxylic acids is 1. The number of piperazine rings is 1. The van der Waals surface area contributed by atoms with E-state index < -0.39 is 0 Å². The standard InChI is InChI=1S/C30H37ClN6O2/c1-30(2,3)37-16-14-35(15-17-37)24-9-7-8-23(18-24)28-29(39-6)25(20-32-33-28)22-10-11-27(26(31)19-22)36(21-38)13-12-34(4)5/h7-13,18-21H,14-17H2,1-6H3/b13-12-. The minimum atomic E-state index is 0.173. The largest absolute Gasteiger partial charge is 0.494 e. The van der Waals surface area contributed by atoms with Gasteiger partial charge < -0.3 is 14.5 Å². The van der Waals surface area contributed by atoms with E-state index in [9.17, 15) is 4.79 Å². The van der Waals surface area contributed by atoms with Crippen LogP contribution in [0.3, 0.4) is 0 Å². The minimum Gasteiger partial charge on any atom is -0.494 e. The fraction of sp³-hybridized carbons (Fsp3) is 0.367. The molecule has 0 spiro atoms. The third-order valence-electron chi connectivity index (χ3n) is 6.90. The van der Waals surface area contributed by atoms with Crippen LogP contribution in [-0.4, -0.2) is 79.3 Å². The van der Waals surface area contributed by atoms with Crippen molar-refractivity contribution >= 4 is 29.4 Å². The highest BCUT2D eigenvalue weighted by atomic mass is 35.5. The van der Waals surface area contributed by atoms with Gasteiger partial charge in [0.2, 0.25) is 6.41 Å². The Kier molecular flexibility index (Phi) is 8.77. The number of hydrogen-bond acceptors (Lipinski definition) is 7. The van der Waals surface area contributed by atoms with Gasteiger partial charge in [0.1, 0.15) is 5.69 Å². The van der Waals surface area contributed by atoms with Gasteiger partial charge in [-0.3, -0.25) is 14.6 Å². The highest BCUT2D eigenvalue weighted by Crippen LogP contribution is 2.40. The van der Waals surface area contributed by atoms with Crippen LogP contribution in [0.2, 0.25) is 5.02 Å². The molecule has 3 aromatic rings. The second-order valence-electron chi connectivity index (χ2n) is 10.8. The molecular formula is C30H37ClN6O2. The van der Waals surface area contributed by atoms with Crippen LogP contribution in [0.15, 0.2) is 61.1 Å². The summed E-state index contributed by atoms with van der Waals surface area (Å²) in [6.07, 6.45) is 5.84. The quantitative estimate of drug-likeness (QED) is 0.350. The number of hydrogen-bond donors (Lipinski definition) is 0. The number of anilines is 2. The van der Waals surface area contributed by atoms with Crippen molar-refractivity contribution in [2.45, 2.75) is 26.3 Å². The Bertz CT molecular complexity index is 1330. The molecule has 0 atom stereocenters. The van der Waals surface area contributed by atoms with E-state index in [4.69, 9.17) is 16.3 Å². The number of methoxy groups -OCH3 is 1. The zero-order valence-corrected chi connectivity index (χ0v) is 24.3. The van der Waals surface area contributed by atoms with Crippen LogP contribution in [0.4, 0.5) is 11.4 Å². The van der Waals surface area contributed by atoms with E-state index >= 15 is 0 Å². The summed E-state index contributed by atoms with van der Waals surface area (Å²) in [5.41, 5.74) is 5.08. The molecule has 2 heterocycles. The summed E-state index contributed by atoms with van der Waals surface area (Å²) < 4.78 is 5.88. The SMILES string of the molecule is COc1c(-c2ccc(N(C=O)/C=C\N(C)C)c(Cl)c2)cnnc1-c1cccc(N2CCN(C(C)(C)C)CC2)c1. The molecule has 1 fully saturated rings. The molecule has 1 amide bonds. The van der Waals surface area contributed by atoms with Crippen molar-refractivity contribution in [3.63, 3.8) is 0 Å². The Hall–Kier alpha value is -3.62. The average molecular weight is 549 g/mol. The summed E-state index contributed by atoms with van der Waals surface area (Å²) in [5.74, 6) is 0.614. The van der Waals surface area contributed by atoms with Gasteiger partial charge in [-0.1, -0.05) is 29.8 Å². The van der Waals surface area contributed by atoms with Gasteiger partial charge in [0.25, 0.3) is 0 Å². The molecule has 4 rings (SSSR count). The van der Waals surface area contributed by atoms with E-state index in [1.807, 2.05) is 43.3 Å². The number of carbonyl (C=O) groups is 1. The Morgan fingerprint density at radius 2 is 1.74 bits per heavy atom. The van der Waals surface area contributed by atoms with Crippen LogP contribution in [-0.2, 0) is 4.79 Å². The van der Waals surface area contributed by atoms with Crippen molar-refractivity contribution < 1.29 is 9.53 Å². The zero-order chi connectivity index (χ0) is 28.2. The number of aromatic nitrogens is 2. The molecular weight excluding hydrogens is 512 g/mol. The lowest BCUT2D eigenvalue weighted by molar-refractivity contribution is -0.106. The Morgan fingerprint density at radius 1 is 1.00 bits per heavy atom. The predicted molar refractivity (Wildman–Crippen MR) is 159 cm³/mol. The molecule has 1 aromatic heterocycles. The predicted octanol–water partition coefficient (Wildman–Crippen LogP) is 5.39. The van der Waals surface area contributed by atoms with E-state index in [-0.39, 0.29) is 5.54 Å². The van der Waals surface area contributed by atoms with Crippen LogP contribution in [0.5, 0.6) is 5.75 Å². The van der Waals surface area contributed by atoms with Crippen LogP contribution >= 0.6 is 11.6 Å². The van der Waals surface area contributed by atoms with Gasteiger partial charge >= 0.3 is 0 Å². The summed E-state index contributed by atoms with van der Waals surface area (Å²) in [5, 5.41) is 9.19. The first-order valence-corrected chi connectivity index (χ1v) is 13.4. The fourth-order valence-electron chi connectivity index (χ4n) is 4.72. The van der Waals surface area contributed by atoms with Crippen LogP contribution in [0.1, 0.15) is 20.8 Å². The smallest absolute Gasteiger partial charge is 0.218 e. The molecule has 9 heteroatoms. The molecule has 1 saturated heterocycles. The number of ether oxygens (including phenoxy) is 1. The van der Waals surface area contributed by atoms with Gasteiger partial charge in [-0.05, 0) is 50.6 Å². The molecule has 0 N–H and O–H groups in total. The fourth-order valence-corrected chi connectivity index (χ4v) is 5.00. The molecule has 0 saturated carbocycles. The second kappa shape index (κ2) is 12.1. The van der Waals surface area contributed by atoms with E-state index in [1.165, 1.54) is 4.90 Å². The first-order chi connectivity index (χ1) is 18.6. The maximum atomic E-state index is 11.7. The summed E-state index contributed by atoms with van der Waals surface area (Å²) in [6.45, 7) is 10.8. The maximum Gasteiger partial charge on any atom is 0.218 e. The van der Waals surface area contributed by atoms with Crippen molar-refractivity contribution in [3.05, 3.63) is 66.1 Å². The number of nitrogens with zero attached hydrogens (tertiary/aromatic N) is 6. The third kappa shape index (κ3) is 6.52. The van der Waals surface area contributed by atoms with Gasteiger partial charge in [0.15, 0.2) is 5.75 Å². The minimum absolute atomic E-state index is 0.173. The summed E-state index contributed by atoms with van der Waals surface area (Å²) in [6, 6.07) is 13.9. The third-order valence-corrected chi connectivity index (χ3v) is 7.20. The summed E-state index contributed by atoms with van der Waals surface area (Å²) in [7, 11) is 5.40. The molecule has 1 aliphatic heterocycles. The molecule has 0 radical (unpaired) electrons. The molecule has 0 unspecified atom stereocenters. The van der Waals surface area contributed by atoms with Crippen LogP contribution in [0.25, 0.3) is 22.4 Å². The first-order valence-electron chi connectivity index (χ1n) is 13.0. The molecule has 2 aromatic carbocycles. The monoisotopic (exact) mass is 548 g/mol. The molecule has 206 valence electrons. The van der Waals surface area contributed by atoms with Gasteiger partial charge in [-0.2, -0.15) is 5.10 Å². The van der Waals surface area contributed by atoms with Crippen molar-refractivity contribution in [3.8, 4) is 28.1 Å². The number of rotatable bonds is 8. The van der Waals surface area contributed by atoms with E-state index in [0.29, 0.717) is 22.2 Å². The van der Waals surface area contributed by atoms with Crippen LogP contribution in [0, 0.1) is 0 Å². The molecule has 0 aliphatic carbocycles. The lowest BCUT2D eigenvalue weighted by Crippen LogP contribution is -2.53. The Balaban J connectivity index is 1.64. The summed E-state index contributed by atoms with van der Waals surface area (Å²) in [4.78, 5) is 19.9. The zero-order valence-electron chi connectivity index (χ0n) is 23.6. The molecule has 39 heavy (non-hydrogen) atoms. The maximum absolute atomic E-state index is 11.7. The number of halogens is 1. The average Bonchev–Trinajstić information content (AvgIpc) is 2.93. The molecule has 1 aliphatic rings.